The molecule has 4 heteroatoms. The highest BCUT2D eigenvalue weighted by Gasteiger charge is 2.21. The maximum Gasteiger partial charge on any atom is 0.162 e. The summed E-state index contributed by atoms with van der Waals surface area (Å²) in [6.45, 7) is 0. The van der Waals surface area contributed by atoms with Gasteiger partial charge in [0.15, 0.2) is 5.82 Å². The first-order chi connectivity index (χ1) is 19.8. The Morgan fingerprint density at radius 1 is 0.525 bits per heavy atom. The van der Waals surface area contributed by atoms with E-state index in [-0.39, 0.29) is 0 Å². The van der Waals surface area contributed by atoms with Gasteiger partial charge in [-0.15, -0.1) is 11.3 Å². The number of aromatic nitrogens is 3. The average molecular weight is 528 g/mol. The van der Waals surface area contributed by atoms with Crippen LogP contribution < -0.4 is 0 Å². The fourth-order valence-electron chi connectivity index (χ4n) is 6.21. The number of rotatable bonds is 2. The van der Waals surface area contributed by atoms with Crippen molar-refractivity contribution in [2.24, 2.45) is 0 Å². The van der Waals surface area contributed by atoms with E-state index in [0.717, 1.165) is 33.6 Å². The SMILES string of the molecule is c1ccc(-c2nc(-n3c4ccccc4c4ccc5ccc6c7ccccc7sc6c5c43)c3ccccc3n2)cc1. The van der Waals surface area contributed by atoms with Crippen LogP contribution in [-0.4, -0.2) is 14.5 Å². The molecule has 0 unspecified atom stereocenters. The van der Waals surface area contributed by atoms with Gasteiger partial charge in [0.05, 0.1) is 16.6 Å². The van der Waals surface area contributed by atoms with Crippen molar-refractivity contribution in [3.8, 4) is 17.2 Å². The molecule has 186 valence electrons. The number of benzene rings is 6. The van der Waals surface area contributed by atoms with E-state index in [9.17, 15) is 0 Å². The first-order valence-electron chi connectivity index (χ1n) is 13.4. The van der Waals surface area contributed by atoms with Gasteiger partial charge in [0.1, 0.15) is 5.82 Å². The van der Waals surface area contributed by atoms with Crippen LogP contribution in [0.3, 0.4) is 0 Å². The Bertz CT molecular complexity index is 2430. The minimum Gasteiger partial charge on any atom is -0.292 e. The van der Waals surface area contributed by atoms with Crippen LogP contribution in [0.5, 0.6) is 0 Å². The molecular weight excluding hydrogens is 506 g/mol. The largest absolute Gasteiger partial charge is 0.292 e. The van der Waals surface area contributed by atoms with Crippen LogP contribution in [0.4, 0.5) is 0 Å². The van der Waals surface area contributed by atoms with Gasteiger partial charge >= 0.3 is 0 Å². The number of thiophene rings is 1. The number of hydrogen-bond acceptors (Lipinski definition) is 3. The summed E-state index contributed by atoms with van der Waals surface area (Å²) in [6, 6.07) is 45.1. The summed E-state index contributed by atoms with van der Waals surface area (Å²) in [5, 5.41) is 8.61. The maximum absolute atomic E-state index is 5.30. The summed E-state index contributed by atoms with van der Waals surface area (Å²) < 4.78 is 5.01. The van der Waals surface area contributed by atoms with Crippen molar-refractivity contribution in [3.05, 3.63) is 127 Å². The highest BCUT2D eigenvalue weighted by atomic mass is 32.1. The average Bonchev–Trinajstić information content (AvgIpc) is 3.57. The van der Waals surface area contributed by atoms with Crippen molar-refractivity contribution >= 4 is 75.0 Å². The molecule has 0 aliphatic heterocycles. The van der Waals surface area contributed by atoms with Gasteiger partial charge < -0.3 is 0 Å². The lowest BCUT2D eigenvalue weighted by Gasteiger charge is -2.14. The van der Waals surface area contributed by atoms with Crippen molar-refractivity contribution in [1.82, 2.24) is 14.5 Å². The summed E-state index contributed by atoms with van der Waals surface area (Å²) in [6.07, 6.45) is 0. The van der Waals surface area contributed by atoms with Crippen LogP contribution >= 0.6 is 11.3 Å². The number of fused-ring (bicyclic) bond motifs is 10. The van der Waals surface area contributed by atoms with E-state index >= 15 is 0 Å². The molecule has 0 atom stereocenters. The smallest absolute Gasteiger partial charge is 0.162 e. The van der Waals surface area contributed by atoms with E-state index in [2.05, 4.69) is 114 Å². The summed E-state index contributed by atoms with van der Waals surface area (Å²) in [5.74, 6) is 1.63. The zero-order valence-corrected chi connectivity index (χ0v) is 22.2. The molecule has 0 amide bonds. The third kappa shape index (κ3) is 2.99. The standard InChI is InChI=1S/C36H21N3S/c1-2-10-23(11-3-1)35-37-29-15-7-4-14-28(29)36(38-35)39-30-16-8-5-12-24(30)26-20-18-22-19-21-27-25-13-6-9-17-31(25)40-34(27)32(22)33(26)39/h1-21H. The summed E-state index contributed by atoms with van der Waals surface area (Å²) in [5.41, 5.74) is 4.28. The van der Waals surface area contributed by atoms with Crippen molar-refractivity contribution < 1.29 is 0 Å². The monoisotopic (exact) mass is 527 g/mol. The lowest BCUT2D eigenvalue weighted by atomic mass is 10.0. The molecule has 3 heterocycles. The van der Waals surface area contributed by atoms with Gasteiger partial charge in [-0.3, -0.25) is 4.57 Å². The zero-order chi connectivity index (χ0) is 26.2. The molecule has 0 aliphatic carbocycles. The second-order valence-corrected chi connectivity index (χ2v) is 11.3. The molecule has 6 aromatic carbocycles. The minimum absolute atomic E-state index is 0.729. The van der Waals surface area contributed by atoms with E-state index < -0.39 is 0 Å². The first kappa shape index (κ1) is 21.8. The Kier molecular flexibility index (Phi) is 4.48. The fourth-order valence-corrected chi connectivity index (χ4v) is 7.47. The van der Waals surface area contributed by atoms with Gasteiger partial charge in [0, 0.05) is 47.3 Å². The lowest BCUT2D eigenvalue weighted by Crippen LogP contribution is -2.03. The summed E-state index contributed by atoms with van der Waals surface area (Å²) >= 11 is 1.88. The molecule has 0 saturated heterocycles. The summed E-state index contributed by atoms with van der Waals surface area (Å²) in [4.78, 5) is 10.3. The molecule has 9 rings (SSSR count). The topological polar surface area (TPSA) is 30.7 Å². The van der Waals surface area contributed by atoms with E-state index in [1.165, 1.54) is 47.2 Å². The molecule has 0 N–H and O–H groups in total. The molecule has 0 aliphatic rings. The molecule has 40 heavy (non-hydrogen) atoms. The molecular formula is C36H21N3S. The van der Waals surface area contributed by atoms with Crippen LogP contribution in [0.2, 0.25) is 0 Å². The quantitative estimate of drug-likeness (QED) is 0.224. The Morgan fingerprint density at radius 2 is 1.23 bits per heavy atom. The van der Waals surface area contributed by atoms with Crippen LogP contribution in [0.25, 0.3) is 80.9 Å². The Balaban J connectivity index is 1.53. The van der Waals surface area contributed by atoms with E-state index in [4.69, 9.17) is 9.97 Å². The Hall–Kier alpha value is -5.06. The van der Waals surface area contributed by atoms with Crippen LogP contribution in [0, 0.1) is 0 Å². The highest BCUT2D eigenvalue weighted by Crippen LogP contribution is 2.44. The Morgan fingerprint density at radius 3 is 2.10 bits per heavy atom. The zero-order valence-electron chi connectivity index (χ0n) is 21.4. The maximum atomic E-state index is 5.30. The molecule has 0 saturated carbocycles. The van der Waals surface area contributed by atoms with Crippen LogP contribution in [-0.2, 0) is 0 Å². The molecule has 0 radical (unpaired) electrons. The normalized spacial score (nSPS) is 12.0. The van der Waals surface area contributed by atoms with Crippen LogP contribution in [0.15, 0.2) is 127 Å². The third-order valence-electron chi connectivity index (χ3n) is 7.99. The Labute approximate surface area is 233 Å². The number of para-hydroxylation sites is 2. The van der Waals surface area contributed by atoms with Crippen molar-refractivity contribution in [1.29, 1.82) is 0 Å². The number of nitrogens with zero attached hydrogens (tertiary/aromatic N) is 3. The van der Waals surface area contributed by atoms with Gasteiger partial charge in [0.2, 0.25) is 0 Å². The third-order valence-corrected chi connectivity index (χ3v) is 9.19. The minimum atomic E-state index is 0.729. The van der Waals surface area contributed by atoms with Gasteiger partial charge in [-0.25, -0.2) is 9.97 Å². The second kappa shape index (κ2) is 8.22. The molecule has 3 aromatic heterocycles. The van der Waals surface area contributed by atoms with Gasteiger partial charge in [0.25, 0.3) is 0 Å². The van der Waals surface area contributed by atoms with Crippen molar-refractivity contribution in [2.75, 3.05) is 0 Å². The lowest BCUT2D eigenvalue weighted by molar-refractivity contribution is 1.08. The predicted molar refractivity (Wildman–Crippen MR) is 170 cm³/mol. The van der Waals surface area contributed by atoms with E-state index in [0.29, 0.717) is 0 Å². The first-order valence-corrected chi connectivity index (χ1v) is 14.3. The van der Waals surface area contributed by atoms with Crippen molar-refractivity contribution in [2.45, 2.75) is 0 Å². The van der Waals surface area contributed by atoms with Gasteiger partial charge in [-0.05, 0) is 29.7 Å². The van der Waals surface area contributed by atoms with E-state index in [1.54, 1.807) is 0 Å². The molecule has 3 nitrogen and oxygen atoms in total. The highest BCUT2D eigenvalue weighted by molar-refractivity contribution is 7.26. The second-order valence-electron chi connectivity index (χ2n) is 10.2. The molecule has 0 bridgehead atoms. The summed E-state index contributed by atoms with van der Waals surface area (Å²) in [7, 11) is 0. The van der Waals surface area contributed by atoms with Gasteiger partial charge in [-0.1, -0.05) is 103 Å². The van der Waals surface area contributed by atoms with E-state index in [1.807, 2.05) is 29.5 Å². The molecule has 0 spiro atoms. The predicted octanol–water partition coefficient (Wildman–Crippen LogP) is 9.91. The van der Waals surface area contributed by atoms with Crippen LogP contribution in [0.1, 0.15) is 0 Å². The molecule has 9 aromatic rings. The van der Waals surface area contributed by atoms with Crippen molar-refractivity contribution in [3.63, 3.8) is 0 Å². The van der Waals surface area contributed by atoms with Gasteiger partial charge in [-0.2, -0.15) is 0 Å². The fraction of sp³-hybridized carbons (Fsp3) is 0. The number of hydrogen-bond donors (Lipinski definition) is 0. The molecule has 0 fully saturated rings.